The van der Waals surface area contributed by atoms with Crippen LogP contribution < -0.4 is 14.8 Å². The van der Waals surface area contributed by atoms with Crippen molar-refractivity contribution in [3.8, 4) is 11.5 Å². The van der Waals surface area contributed by atoms with Gasteiger partial charge >= 0.3 is 6.09 Å². The maximum absolute atomic E-state index is 11.1. The van der Waals surface area contributed by atoms with E-state index in [1.165, 1.54) is 7.11 Å². The fourth-order valence-corrected chi connectivity index (χ4v) is 1.27. The van der Waals surface area contributed by atoms with Crippen LogP contribution in [0.1, 0.15) is 6.92 Å². The van der Waals surface area contributed by atoms with Gasteiger partial charge in [0.05, 0.1) is 14.2 Å². The quantitative estimate of drug-likeness (QED) is 0.817. The van der Waals surface area contributed by atoms with Gasteiger partial charge in [0.25, 0.3) is 0 Å². The van der Waals surface area contributed by atoms with Crippen molar-refractivity contribution in [3.63, 3.8) is 0 Å². The lowest BCUT2D eigenvalue weighted by molar-refractivity contribution is 0.187. The molecule has 0 unspecified atom stereocenters. The zero-order chi connectivity index (χ0) is 13.4. The van der Waals surface area contributed by atoms with Crippen LogP contribution in [0.4, 0.5) is 10.5 Å². The second-order valence-electron chi connectivity index (χ2n) is 3.36. The molecule has 5 nitrogen and oxygen atoms in total. The molecule has 0 aliphatic carbocycles. The van der Waals surface area contributed by atoms with Crippen LogP contribution in [0.3, 0.4) is 0 Å². The van der Waals surface area contributed by atoms with Crippen LogP contribution in [-0.2, 0) is 4.74 Å². The lowest BCUT2D eigenvalue weighted by Crippen LogP contribution is -2.11. The molecule has 1 rings (SSSR count). The first-order valence-electron chi connectivity index (χ1n) is 5.48. The number of rotatable bonds is 5. The monoisotopic (exact) mass is 251 g/mol. The minimum absolute atomic E-state index is 0.439. The maximum Gasteiger partial charge on any atom is 0.411 e. The van der Waals surface area contributed by atoms with Crippen molar-refractivity contribution in [2.75, 3.05) is 26.1 Å². The van der Waals surface area contributed by atoms with Gasteiger partial charge in [-0.15, -0.1) is 0 Å². The second kappa shape index (κ2) is 7.21. The molecule has 1 amide bonds. The largest absolute Gasteiger partial charge is 0.493 e. The minimum Gasteiger partial charge on any atom is -0.493 e. The fraction of sp³-hybridized carbons (Fsp3) is 0.308. The number of amides is 1. The van der Waals surface area contributed by atoms with E-state index in [0.29, 0.717) is 23.8 Å². The number of benzene rings is 1. The van der Waals surface area contributed by atoms with Gasteiger partial charge < -0.3 is 14.2 Å². The van der Waals surface area contributed by atoms with E-state index in [9.17, 15) is 4.79 Å². The van der Waals surface area contributed by atoms with Crippen LogP contribution in [0.25, 0.3) is 0 Å². The van der Waals surface area contributed by atoms with Crippen LogP contribution in [-0.4, -0.2) is 26.9 Å². The van der Waals surface area contributed by atoms with Gasteiger partial charge in [0.1, 0.15) is 6.61 Å². The third-order valence-corrected chi connectivity index (χ3v) is 2.17. The van der Waals surface area contributed by atoms with E-state index >= 15 is 0 Å². The average Bonchev–Trinajstić information content (AvgIpc) is 2.39. The number of carbonyl (C=O) groups is 1. The van der Waals surface area contributed by atoms with Crippen molar-refractivity contribution in [2.45, 2.75) is 6.92 Å². The Bertz CT molecular complexity index is 429. The molecular weight excluding hydrogens is 234 g/mol. The van der Waals surface area contributed by atoms with Gasteiger partial charge in [0.2, 0.25) is 0 Å². The molecule has 1 aromatic rings. The summed E-state index contributed by atoms with van der Waals surface area (Å²) in [7, 11) is 2.87. The molecule has 0 saturated carbocycles. The number of nitrogens with one attached hydrogen (secondary N) is 1. The smallest absolute Gasteiger partial charge is 0.411 e. The summed E-state index contributed by atoms with van der Waals surface area (Å²) in [6.07, 6.45) is 3.24. The number of ether oxygens (including phenoxy) is 3. The van der Waals surface area contributed by atoms with Gasteiger partial charge in [0.15, 0.2) is 11.5 Å². The van der Waals surface area contributed by atoms with E-state index in [0.717, 1.165) is 0 Å². The number of hydrogen-bond acceptors (Lipinski definition) is 4. The minimum atomic E-state index is -0.528. The number of carbonyl (C=O) groups excluding carboxylic acids is 1. The van der Waals surface area contributed by atoms with E-state index in [-0.39, 0.29) is 0 Å². The summed E-state index contributed by atoms with van der Waals surface area (Å²) in [5.41, 5.74) is 0.582. The van der Waals surface area contributed by atoms with Crippen LogP contribution >= 0.6 is 0 Å². The molecule has 0 bridgehead atoms. The van der Waals surface area contributed by atoms with E-state index in [1.54, 1.807) is 25.3 Å². The highest BCUT2D eigenvalue weighted by Crippen LogP contribution is 2.30. The Morgan fingerprint density at radius 1 is 1.33 bits per heavy atom. The van der Waals surface area contributed by atoms with Crippen molar-refractivity contribution in [1.29, 1.82) is 0 Å². The summed E-state index contributed by atoms with van der Waals surface area (Å²) < 4.78 is 15.2. The molecule has 18 heavy (non-hydrogen) atoms. The van der Waals surface area contributed by atoms with Gasteiger partial charge in [-0.25, -0.2) is 4.79 Å². The van der Waals surface area contributed by atoms with Crippen molar-refractivity contribution in [2.24, 2.45) is 0 Å². The molecule has 0 fully saturated rings. The lowest BCUT2D eigenvalue weighted by Gasteiger charge is -2.11. The highest BCUT2D eigenvalue weighted by Gasteiger charge is 2.07. The van der Waals surface area contributed by atoms with Crippen LogP contribution in [0.2, 0.25) is 0 Å². The van der Waals surface area contributed by atoms with Crippen molar-refractivity contribution in [3.05, 3.63) is 30.4 Å². The van der Waals surface area contributed by atoms with Crippen LogP contribution in [0, 0.1) is 0 Å². The molecule has 0 heterocycles. The van der Waals surface area contributed by atoms with Crippen LogP contribution in [0.15, 0.2) is 30.4 Å². The molecule has 98 valence electrons. The zero-order valence-corrected chi connectivity index (χ0v) is 10.7. The van der Waals surface area contributed by atoms with Gasteiger partial charge in [-0.1, -0.05) is 12.2 Å². The Hall–Kier alpha value is -2.17. The summed E-state index contributed by atoms with van der Waals surface area (Å²) >= 11 is 0. The van der Waals surface area contributed by atoms with Gasteiger partial charge in [-0.3, -0.25) is 5.32 Å². The maximum atomic E-state index is 11.1. The molecule has 0 aliphatic heterocycles. The molecular formula is C13H17NO4. The van der Waals surface area contributed by atoms with Crippen molar-refractivity contribution in [1.82, 2.24) is 0 Å². The number of anilines is 1. The zero-order valence-electron chi connectivity index (χ0n) is 10.7. The van der Waals surface area contributed by atoms with E-state index in [1.807, 2.05) is 19.1 Å². The Morgan fingerprint density at radius 3 is 2.72 bits per heavy atom. The van der Waals surface area contributed by atoms with Gasteiger partial charge in [0, 0.05) is 11.8 Å². The van der Waals surface area contributed by atoms with Gasteiger partial charge in [-0.05, 0) is 19.1 Å². The van der Waals surface area contributed by atoms with Crippen LogP contribution in [0.5, 0.6) is 11.5 Å². The predicted molar refractivity (Wildman–Crippen MR) is 69.3 cm³/mol. The lowest BCUT2D eigenvalue weighted by atomic mass is 10.3. The fourth-order valence-electron chi connectivity index (χ4n) is 1.27. The first kappa shape index (κ1) is 13.9. The SMILES string of the molecule is C/C=C/COc1cc(NC(=O)OC)ccc1OC. The number of allylic oxidation sites excluding steroid dienone is 1. The highest BCUT2D eigenvalue weighted by atomic mass is 16.5. The number of hydrogen-bond donors (Lipinski definition) is 1. The first-order chi connectivity index (χ1) is 8.71. The predicted octanol–water partition coefficient (Wildman–Crippen LogP) is 2.83. The van der Waals surface area contributed by atoms with Gasteiger partial charge in [-0.2, -0.15) is 0 Å². The molecule has 1 aromatic carbocycles. The van der Waals surface area contributed by atoms with E-state index in [4.69, 9.17) is 9.47 Å². The summed E-state index contributed by atoms with van der Waals surface area (Å²) in [5, 5.41) is 2.56. The molecule has 1 N–H and O–H groups in total. The third-order valence-electron chi connectivity index (χ3n) is 2.17. The summed E-state index contributed by atoms with van der Waals surface area (Å²) in [4.78, 5) is 11.1. The molecule has 5 heteroatoms. The second-order valence-corrected chi connectivity index (χ2v) is 3.36. The molecule has 0 aliphatic rings. The topological polar surface area (TPSA) is 56.8 Å². The Morgan fingerprint density at radius 2 is 2.11 bits per heavy atom. The highest BCUT2D eigenvalue weighted by molar-refractivity contribution is 5.85. The summed E-state index contributed by atoms with van der Waals surface area (Å²) in [6, 6.07) is 5.10. The Balaban J connectivity index is 2.83. The molecule has 0 saturated heterocycles. The first-order valence-corrected chi connectivity index (χ1v) is 5.48. The van der Waals surface area contributed by atoms with E-state index < -0.39 is 6.09 Å². The van der Waals surface area contributed by atoms with E-state index in [2.05, 4.69) is 10.1 Å². The molecule has 0 spiro atoms. The standard InChI is InChI=1S/C13H17NO4/c1-4-5-8-18-12-9-10(14-13(15)17-3)6-7-11(12)16-2/h4-7,9H,8H2,1-3H3,(H,14,15)/b5-4+. The van der Waals surface area contributed by atoms with Crippen molar-refractivity contribution < 1.29 is 19.0 Å². The molecule has 0 radical (unpaired) electrons. The third kappa shape index (κ3) is 4.01. The van der Waals surface area contributed by atoms with Crippen molar-refractivity contribution >= 4 is 11.8 Å². The normalized spacial score (nSPS) is 10.2. The number of methoxy groups -OCH3 is 2. The summed E-state index contributed by atoms with van der Waals surface area (Å²) in [6.45, 7) is 2.35. The summed E-state index contributed by atoms with van der Waals surface area (Å²) in [5.74, 6) is 1.17. The Labute approximate surface area is 106 Å². The average molecular weight is 251 g/mol. The molecule has 0 aromatic heterocycles. The molecule has 0 atom stereocenters. The Kier molecular flexibility index (Phi) is 5.57.